The Morgan fingerprint density at radius 3 is 2.77 bits per heavy atom. The van der Waals surface area contributed by atoms with Gasteiger partial charge in [-0.05, 0) is 52.2 Å². The standard InChI is InChI=1S/C20H28O6/c1-6-12(3)18(22)25-16-10-13(4)14(21)8-7-11(2)9-15-17(16)20(5,24)19(23)26-15/h6,9,14-17,21,24H,4,7-8,10H2,1-3,5H3/b11-9+,12-6-/t14-,15-,16-,17+,20-/m0/s1. The van der Waals surface area contributed by atoms with Crippen molar-refractivity contribution in [2.24, 2.45) is 5.92 Å². The number of aliphatic hydroxyl groups excluding tert-OH is 1. The molecule has 6 heteroatoms. The summed E-state index contributed by atoms with van der Waals surface area (Å²) in [6.45, 7) is 10.5. The van der Waals surface area contributed by atoms with E-state index in [0.29, 0.717) is 24.0 Å². The molecule has 0 aromatic carbocycles. The summed E-state index contributed by atoms with van der Waals surface area (Å²) < 4.78 is 11.0. The van der Waals surface area contributed by atoms with Crippen molar-refractivity contribution in [2.45, 2.75) is 70.9 Å². The SMILES string of the molecule is C=C1C[C@H](OC(=O)/C(C)=C\C)[C@H]2[C@H](/C=C(\C)CC[C@@H]1O)OC(=O)[C@@]2(C)O. The van der Waals surface area contributed by atoms with Crippen LogP contribution in [0.1, 0.15) is 47.0 Å². The van der Waals surface area contributed by atoms with Gasteiger partial charge in [0.1, 0.15) is 12.2 Å². The van der Waals surface area contributed by atoms with Crippen molar-refractivity contribution in [1.82, 2.24) is 0 Å². The molecule has 0 aromatic heterocycles. The minimum absolute atomic E-state index is 0.144. The van der Waals surface area contributed by atoms with Crippen molar-refractivity contribution in [3.63, 3.8) is 0 Å². The fraction of sp³-hybridized carbons (Fsp3) is 0.600. The quantitative estimate of drug-likeness (QED) is 0.443. The Labute approximate surface area is 154 Å². The summed E-state index contributed by atoms with van der Waals surface area (Å²) in [5, 5.41) is 21.1. The van der Waals surface area contributed by atoms with Gasteiger partial charge in [-0.3, -0.25) is 0 Å². The van der Waals surface area contributed by atoms with Gasteiger partial charge in [-0.1, -0.05) is 18.2 Å². The van der Waals surface area contributed by atoms with E-state index < -0.39 is 41.8 Å². The summed E-state index contributed by atoms with van der Waals surface area (Å²) in [4.78, 5) is 24.5. The monoisotopic (exact) mass is 364 g/mol. The number of hydrogen-bond acceptors (Lipinski definition) is 6. The number of ether oxygens (including phenoxy) is 2. The molecule has 2 rings (SSSR count). The van der Waals surface area contributed by atoms with Crippen molar-refractivity contribution >= 4 is 11.9 Å². The molecular weight excluding hydrogens is 336 g/mol. The van der Waals surface area contributed by atoms with E-state index in [-0.39, 0.29) is 6.42 Å². The van der Waals surface area contributed by atoms with Crippen LogP contribution in [-0.4, -0.2) is 46.1 Å². The van der Waals surface area contributed by atoms with Crippen LogP contribution in [0.25, 0.3) is 0 Å². The summed E-state index contributed by atoms with van der Waals surface area (Å²) in [6, 6.07) is 0. The molecule has 0 aromatic rings. The third-order valence-corrected chi connectivity index (χ3v) is 5.27. The van der Waals surface area contributed by atoms with Crippen LogP contribution in [0.3, 0.4) is 0 Å². The van der Waals surface area contributed by atoms with Crippen LogP contribution >= 0.6 is 0 Å². The number of allylic oxidation sites excluding steroid dienone is 2. The molecule has 5 atom stereocenters. The first-order valence-corrected chi connectivity index (χ1v) is 8.88. The lowest BCUT2D eigenvalue weighted by Crippen LogP contribution is -2.47. The zero-order chi connectivity index (χ0) is 19.6. The number of hydrogen-bond donors (Lipinski definition) is 2. The zero-order valence-electron chi connectivity index (χ0n) is 15.8. The summed E-state index contributed by atoms with van der Waals surface area (Å²) in [5.74, 6) is -2.07. The maximum Gasteiger partial charge on any atom is 0.339 e. The molecule has 1 aliphatic heterocycles. The Bertz CT molecular complexity index is 657. The van der Waals surface area contributed by atoms with Crippen molar-refractivity contribution in [1.29, 1.82) is 0 Å². The van der Waals surface area contributed by atoms with E-state index in [1.807, 2.05) is 6.92 Å². The van der Waals surface area contributed by atoms with Gasteiger partial charge in [0.2, 0.25) is 0 Å². The van der Waals surface area contributed by atoms with Gasteiger partial charge < -0.3 is 19.7 Å². The van der Waals surface area contributed by atoms with Gasteiger partial charge in [0.05, 0.1) is 12.0 Å². The highest BCUT2D eigenvalue weighted by Gasteiger charge is 2.57. The lowest BCUT2D eigenvalue weighted by molar-refractivity contribution is -0.159. The summed E-state index contributed by atoms with van der Waals surface area (Å²) in [6.07, 6.45) is 2.34. The summed E-state index contributed by atoms with van der Waals surface area (Å²) in [7, 11) is 0. The molecular formula is C20H28O6. The lowest BCUT2D eigenvalue weighted by Gasteiger charge is -2.33. The van der Waals surface area contributed by atoms with E-state index in [2.05, 4.69) is 6.58 Å². The number of rotatable bonds is 2. The molecule has 0 unspecified atom stereocenters. The van der Waals surface area contributed by atoms with Gasteiger partial charge in [0, 0.05) is 12.0 Å². The molecule has 0 amide bonds. The largest absolute Gasteiger partial charge is 0.458 e. The van der Waals surface area contributed by atoms with Gasteiger partial charge in [0.25, 0.3) is 0 Å². The molecule has 0 spiro atoms. The number of carbonyl (C=O) groups excluding carboxylic acids is 2. The third-order valence-electron chi connectivity index (χ3n) is 5.27. The molecule has 1 aliphatic carbocycles. The van der Waals surface area contributed by atoms with Gasteiger partial charge >= 0.3 is 11.9 Å². The maximum atomic E-state index is 12.3. The third kappa shape index (κ3) is 4.07. The molecule has 0 bridgehead atoms. The van der Waals surface area contributed by atoms with Crippen LogP contribution in [0.4, 0.5) is 0 Å². The van der Waals surface area contributed by atoms with Crippen LogP contribution in [0.2, 0.25) is 0 Å². The first-order chi connectivity index (χ1) is 12.1. The van der Waals surface area contributed by atoms with Gasteiger partial charge in [0.15, 0.2) is 5.60 Å². The first-order valence-electron chi connectivity index (χ1n) is 8.88. The fourth-order valence-corrected chi connectivity index (χ4v) is 3.40. The molecule has 6 nitrogen and oxygen atoms in total. The molecule has 1 fully saturated rings. The van der Waals surface area contributed by atoms with Crippen LogP contribution in [-0.2, 0) is 19.1 Å². The second kappa shape index (κ2) is 7.76. The molecule has 144 valence electrons. The molecule has 2 N–H and O–H groups in total. The van der Waals surface area contributed by atoms with Gasteiger partial charge in [-0.15, -0.1) is 0 Å². The predicted octanol–water partition coefficient (Wildman–Crippen LogP) is 2.20. The first kappa shape index (κ1) is 20.4. The smallest absolute Gasteiger partial charge is 0.339 e. The van der Waals surface area contributed by atoms with Crippen LogP contribution in [0, 0.1) is 5.92 Å². The van der Waals surface area contributed by atoms with Crippen molar-refractivity contribution < 1.29 is 29.3 Å². The van der Waals surface area contributed by atoms with E-state index in [4.69, 9.17) is 9.47 Å². The molecule has 0 saturated carbocycles. The number of carbonyl (C=O) groups is 2. The Kier molecular flexibility index (Phi) is 6.09. The highest BCUT2D eigenvalue weighted by atomic mass is 16.6. The van der Waals surface area contributed by atoms with Crippen LogP contribution < -0.4 is 0 Å². The number of esters is 2. The van der Waals surface area contributed by atoms with E-state index in [1.54, 1.807) is 26.0 Å². The number of aliphatic hydroxyl groups is 2. The highest BCUT2D eigenvalue weighted by Crippen LogP contribution is 2.40. The van der Waals surface area contributed by atoms with Crippen molar-refractivity contribution in [2.75, 3.05) is 0 Å². The molecule has 2 aliphatic rings. The zero-order valence-corrected chi connectivity index (χ0v) is 15.8. The molecule has 1 heterocycles. The molecule has 1 saturated heterocycles. The Morgan fingerprint density at radius 2 is 2.15 bits per heavy atom. The Balaban J connectivity index is 2.47. The van der Waals surface area contributed by atoms with E-state index >= 15 is 0 Å². The van der Waals surface area contributed by atoms with E-state index in [9.17, 15) is 19.8 Å². The second-order valence-electron chi connectivity index (χ2n) is 7.39. The average molecular weight is 364 g/mol. The molecule has 26 heavy (non-hydrogen) atoms. The van der Waals surface area contributed by atoms with E-state index in [1.165, 1.54) is 6.92 Å². The van der Waals surface area contributed by atoms with Gasteiger partial charge in [-0.2, -0.15) is 0 Å². The Morgan fingerprint density at radius 1 is 1.50 bits per heavy atom. The minimum atomic E-state index is -1.80. The number of fused-ring (bicyclic) bond motifs is 1. The molecule has 0 radical (unpaired) electrons. The summed E-state index contributed by atoms with van der Waals surface area (Å²) >= 11 is 0. The van der Waals surface area contributed by atoms with Crippen LogP contribution in [0.15, 0.2) is 35.5 Å². The maximum absolute atomic E-state index is 12.3. The van der Waals surface area contributed by atoms with E-state index in [0.717, 1.165) is 5.57 Å². The summed E-state index contributed by atoms with van der Waals surface area (Å²) in [5.41, 5.74) is 0.0422. The fourth-order valence-electron chi connectivity index (χ4n) is 3.40. The Hall–Kier alpha value is -1.92. The van der Waals surface area contributed by atoms with Crippen molar-refractivity contribution in [3.8, 4) is 0 Å². The topological polar surface area (TPSA) is 93.1 Å². The minimum Gasteiger partial charge on any atom is -0.458 e. The average Bonchev–Trinajstić information content (AvgIpc) is 2.79. The normalized spacial score (nSPS) is 38.1. The highest BCUT2D eigenvalue weighted by molar-refractivity contribution is 5.88. The lowest BCUT2D eigenvalue weighted by atomic mass is 9.78. The predicted molar refractivity (Wildman–Crippen MR) is 96.1 cm³/mol. The second-order valence-corrected chi connectivity index (χ2v) is 7.39. The van der Waals surface area contributed by atoms with Crippen LogP contribution in [0.5, 0.6) is 0 Å². The van der Waals surface area contributed by atoms with Gasteiger partial charge in [-0.25, -0.2) is 9.59 Å². The van der Waals surface area contributed by atoms with Crippen molar-refractivity contribution in [3.05, 3.63) is 35.5 Å².